The van der Waals surface area contributed by atoms with Crippen molar-refractivity contribution >= 4 is 21.4 Å². The summed E-state index contributed by atoms with van der Waals surface area (Å²) in [4.78, 5) is 4.95. The highest BCUT2D eigenvalue weighted by molar-refractivity contribution is 7.89. The molecule has 0 fully saturated rings. The summed E-state index contributed by atoms with van der Waals surface area (Å²) < 4.78 is 34.4. The van der Waals surface area contributed by atoms with Crippen molar-refractivity contribution in [3.8, 4) is 22.0 Å². The van der Waals surface area contributed by atoms with Crippen molar-refractivity contribution in [2.24, 2.45) is 7.05 Å². The molecular formula is C18H21N3O3S2. The van der Waals surface area contributed by atoms with Crippen molar-refractivity contribution in [1.82, 2.24) is 14.3 Å². The fourth-order valence-corrected chi connectivity index (χ4v) is 4.82. The van der Waals surface area contributed by atoms with Gasteiger partial charge in [-0.1, -0.05) is 30.3 Å². The second-order valence-electron chi connectivity index (χ2n) is 5.83. The first kappa shape index (κ1) is 18.8. The smallest absolute Gasteiger partial charge is 0.242 e. The number of nitrogens with one attached hydrogen (secondary N) is 1. The van der Waals surface area contributed by atoms with Crippen LogP contribution in [0.2, 0.25) is 0 Å². The van der Waals surface area contributed by atoms with Gasteiger partial charge in [0, 0.05) is 37.3 Å². The molecular weight excluding hydrogens is 370 g/mol. The van der Waals surface area contributed by atoms with Gasteiger partial charge in [0.15, 0.2) is 0 Å². The minimum atomic E-state index is -3.59. The number of benzene rings is 1. The third-order valence-electron chi connectivity index (χ3n) is 4.17. The van der Waals surface area contributed by atoms with Crippen LogP contribution in [0, 0.1) is 6.92 Å². The Labute approximate surface area is 157 Å². The first-order chi connectivity index (χ1) is 12.4. The highest BCUT2D eigenvalue weighted by Gasteiger charge is 2.23. The van der Waals surface area contributed by atoms with Crippen LogP contribution in [0.3, 0.4) is 0 Å². The zero-order valence-electron chi connectivity index (χ0n) is 14.9. The maximum atomic E-state index is 12.6. The summed E-state index contributed by atoms with van der Waals surface area (Å²) in [5.41, 5.74) is 3.37. The van der Waals surface area contributed by atoms with E-state index in [9.17, 15) is 8.42 Å². The molecule has 3 rings (SSSR count). The second-order valence-corrected chi connectivity index (χ2v) is 8.43. The Balaban J connectivity index is 1.94. The maximum Gasteiger partial charge on any atom is 0.242 e. The first-order valence-electron chi connectivity index (χ1n) is 8.10. The first-order valence-corrected chi connectivity index (χ1v) is 10.5. The monoisotopic (exact) mass is 391 g/mol. The largest absolute Gasteiger partial charge is 0.383 e. The van der Waals surface area contributed by atoms with Gasteiger partial charge >= 0.3 is 0 Å². The predicted octanol–water partition coefficient (Wildman–Crippen LogP) is 3.05. The van der Waals surface area contributed by atoms with Crippen LogP contribution in [0.4, 0.5) is 0 Å². The average molecular weight is 392 g/mol. The normalized spacial score (nSPS) is 11.8. The van der Waals surface area contributed by atoms with E-state index >= 15 is 0 Å². The van der Waals surface area contributed by atoms with Gasteiger partial charge in [-0.3, -0.25) is 0 Å². The number of hydrogen-bond acceptors (Lipinski definition) is 5. The number of ether oxygens (including phenoxy) is 1. The van der Waals surface area contributed by atoms with Crippen LogP contribution in [-0.4, -0.2) is 38.2 Å². The minimum Gasteiger partial charge on any atom is -0.383 e. The van der Waals surface area contributed by atoms with Crippen molar-refractivity contribution < 1.29 is 13.2 Å². The minimum absolute atomic E-state index is 0.234. The number of thiazole rings is 1. The van der Waals surface area contributed by atoms with Crippen LogP contribution in [0.15, 0.2) is 46.7 Å². The quantitative estimate of drug-likeness (QED) is 0.628. The van der Waals surface area contributed by atoms with E-state index in [0.717, 1.165) is 22.0 Å². The third kappa shape index (κ3) is 3.73. The molecule has 0 aliphatic rings. The van der Waals surface area contributed by atoms with Crippen molar-refractivity contribution in [3.05, 3.63) is 47.5 Å². The lowest BCUT2D eigenvalue weighted by atomic mass is 10.2. The molecule has 0 spiro atoms. The number of rotatable bonds is 7. The number of nitrogens with zero attached hydrogens (tertiary/aromatic N) is 2. The summed E-state index contributed by atoms with van der Waals surface area (Å²) in [6.07, 6.45) is 0. The Hall–Kier alpha value is -2.00. The van der Waals surface area contributed by atoms with Crippen molar-refractivity contribution in [1.29, 1.82) is 0 Å². The van der Waals surface area contributed by atoms with E-state index in [4.69, 9.17) is 4.74 Å². The average Bonchev–Trinajstić information content (AvgIpc) is 3.22. The molecule has 0 saturated carbocycles. The molecule has 0 saturated heterocycles. The highest BCUT2D eigenvalue weighted by Crippen LogP contribution is 2.32. The van der Waals surface area contributed by atoms with Gasteiger partial charge < -0.3 is 9.30 Å². The van der Waals surface area contributed by atoms with Crippen LogP contribution < -0.4 is 4.72 Å². The predicted molar refractivity (Wildman–Crippen MR) is 104 cm³/mol. The molecule has 138 valence electrons. The van der Waals surface area contributed by atoms with E-state index in [1.807, 2.05) is 47.3 Å². The van der Waals surface area contributed by atoms with Crippen molar-refractivity contribution in [2.75, 3.05) is 20.3 Å². The number of hydrogen-bond donors (Lipinski definition) is 1. The Bertz CT molecular complexity index is 992. The van der Waals surface area contributed by atoms with Gasteiger partial charge in [0.05, 0.1) is 18.0 Å². The zero-order valence-corrected chi connectivity index (χ0v) is 16.5. The van der Waals surface area contributed by atoms with Crippen molar-refractivity contribution in [3.63, 3.8) is 0 Å². The third-order valence-corrected chi connectivity index (χ3v) is 6.61. The Morgan fingerprint density at radius 1 is 1.27 bits per heavy atom. The molecule has 0 unspecified atom stereocenters. The molecule has 2 heterocycles. The fraction of sp³-hybridized carbons (Fsp3) is 0.278. The molecule has 0 amide bonds. The number of sulfonamides is 1. The lowest BCUT2D eigenvalue weighted by Crippen LogP contribution is -2.27. The molecule has 2 aromatic heterocycles. The fourth-order valence-electron chi connectivity index (χ4n) is 2.64. The van der Waals surface area contributed by atoms with E-state index in [1.165, 1.54) is 18.4 Å². The Morgan fingerprint density at radius 2 is 2.00 bits per heavy atom. The second kappa shape index (κ2) is 7.71. The molecule has 0 radical (unpaired) electrons. The van der Waals surface area contributed by atoms with E-state index in [-0.39, 0.29) is 11.4 Å². The van der Waals surface area contributed by atoms with Crippen LogP contribution in [0.5, 0.6) is 0 Å². The van der Waals surface area contributed by atoms with Gasteiger partial charge in [-0.2, -0.15) is 0 Å². The van der Waals surface area contributed by atoms with Gasteiger partial charge in [0.2, 0.25) is 10.0 Å². The number of aromatic nitrogens is 2. The van der Waals surface area contributed by atoms with Gasteiger partial charge in [-0.25, -0.2) is 18.1 Å². The summed E-state index contributed by atoms with van der Waals surface area (Å²) in [5.74, 6) is 0. The molecule has 0 atom stereocenters. The van der Waals surface area contributed by atoms with Crippen LogP contribution in [-0.2, 0) is 21.8 Å². The van der Waals surface area contributed by atoms with Gasteiger partial charge in [0.25, 0.3) is 0 Å². The van der Waals surface area contributed by atoms with E-state index in [0.29, 0.717) is 12.3 Å². The zero-order chi connectivity index (χ0) is 18.7. The molecule has 3 aromatic rings. The molecule has 6 nitrogen and oxygen atoms in total. The van der Waals surface area contributed by atoms with Crippen LogP contribution in [0.25, 0.3) is 22.0 Å². The lowest BCUT2D eigenvalue weighted by molar-refractivity contribution is 0.204. The summed E-state index contributed by atoms with van der Waals surface area (Å²) in [5, 5.41) is 2.77. The molecule has 0 aliphatic carbocycles. The van der Waals surface area contributed by atoms with Gasteiger partial charge in [-0.05, 0) is 13.0 Å². The Kier molecular flexibility index (Phi) is 5.57. The van der Waals surface area contributed by atoms with Gasteiger partial charge in [-0.15, -0.1) is 11.3 Å². The molecule has 0 aliphatic heterocycles. The van der Waals surface area contributed by atoms with E-state index in [1.54, 1.807) is 13.0 Å². The maximum absolute atomic E-state index is 12.6. The molecule has 1 aromatic carbocycles. The summed E-state index contributed by atoms with van der Waals surface area (Å²) in [6.45, 7) is 2.35. The summed E-state index contributed by atoms with van der Waals surface area (Å²) in [7, 11) is -0.208. The molecule has 8 heteroatoms. The Morgan fingerprint density at radius 3 is 2.69 bits per heavy atom. The van der Waals surface area contributed by atoms with E-state index < -0.39 is 10.0 Å². The van der Waals surface area contributed by atoms with Gasteiger partial charge in [0.1, 0.15) is 9.90 Å². The molecule has 26 heavy (non-hydrogen) atoms. The SMILES string of the molecule is COCCNS(=O)(=O)c1cc(-c2nc(-c3ccccc3)cs2)n(C)c1C. The van der Waals surface area contributed by atoms with Crippen LogP contribution >= 0.6 is 11.3 Å². The molecule has 1 N–H and O–H groups in total. The van der Waals surface area contributed by atoms with Crippen molar-refractivity contribution in [2.45, 2.75) is 11.8 Å². The standard InChI is InChI=1S/C18H21N3O3S2/c1-13-17(26(22,23)19-9-10-24-3)11-16(21(13)2)18-20-15(12-25-18)14-7-5-4-6-8-14/h4-8,11-12,19H,9-10H2,1-3H3. The lowest BCUT2D eigenvalue weighted by Gasteiger charge is -2.06. The summed E-state index contributed by atoms with van der Waals surface area (Å²) >= 11 is 1.50. The highest BCUT2D eigenvalue weighted by atomic mass is 32.2. The van der Waals surface area contributed by atoms with E-state index in [2.05, 4.69) is 9.71 Å². The topological polar surface area (TPSA) is 73.2 Å². The summed E-state index contributed by atoms with van der Waals surface area (Å²) in [6, 6.07) is 11.6. The molecule has 0 bridgehead atoms. The number of methoxy groups -OCH3 is 1. The van der Waals surface area contributed by atoms with Crippen LogP contribution in [0.1, 0.15) is 5.69 Å².